The Morgan fingerprint density at radius 1 is 1.07 bits per heavy atom. The number of hydrogen-bond acceptors (Lipinski definition) is 6. The first-order valence-electron chi connectivity index (χ1n) is 9.26. The van der Waals surface area contributed by atoms with Crippen LogP contribution in [0.25, 0.3) is 0 Å². The second kappa shape index (κ2) is 8.41. The number of sulfone groups is 2. The summed E-state index contributed by atoms with van der Waals surface area (Å²) in [5.74, 6) is -0.514. The molecule has 1 saturated heterocycles. The topological polar surface area (TPSA) is 89.5 Å². The zero-order valence-corrected chi connectivity index (χ0v) is 17.8. The number of rotatable bonds is 7. The van der Waals surface area contributed by atoms with Gasteiger partial charge in [0.2, 0.25) is 0 Å². The van der Waals surface area contributed by atoms with Crippen molar-refractivity contribution in [3.8, 4) is 5.75 Å². The van der Waals surface area contributed by atoms with Gasteiger partial charge < -0.3 is 10.1 Å². The second-order valence-corrected chi connectivity index (χ2v) is 11.7. The van der Waals surface area contributed by atoms with E-state index in [1.165, 1.54) is 24.3 Å². The van der Waals surface area contributed by atoms with E-state index < -0.39 is 36.7 Å². The van der Waals surface area contributed by atoms with Gasteiger partial charge in [-0.25, -0.2) is 21.2 Å². The molecule has 0 radical (unpaired) electrons. The molecule has 2 atom stereocenters. The van der Waals surface area contributed by atoms with Crippen LogP contribution in [0.4, 0.5) is 4.39 Å². The van der Waals surface area contributed by atoms with Crippen LogP contribution >= 0.6 is 0 Å². The Labute approximate surface area is 170 Å². The zero-order chi connectivity index (χ0) is 21.2. The van der Waals surface area contributed by atoms with Crippen LogP contribution in [0.3, 0.4) is 0 Å². The van der Waals surface area contributed by atoms with Crippen molar-refractivity contribution in [1.82, 2.24) is 5.32 Å². The number of halogens is 1. The smallest absolute Gasteiger partial charge is 0.183 e. The summed E-state index contributed by atoms with van der Waals surface area (Å²) in [4.78, 5) is 0.0595. The van der Waals surface area contributed by atoms with Gasteiger partial charge in [0.1, 0.15) is 11.6 Å². The van der Waals surface area contributed by atoms with E-state index >= 15 is 0 Å². The molecule has 158 valence electrons. The first-order valence-corrected chi connectivity index (χ1v) is 12.6. The molecule has 29 heavy (non-hydrogen) atoms. The number of hydrogen-bond donors (Lipinski definition) is 1. The first kappa shape index (κ1) is 21.7. The lowest BCUT2D eigenvalue weighted by Crippen LogP contribution is -2.43. The van der Waals surface area contributed by atoms with Crippen molar-refractivity contribution in [3.63, 3.8) is 0 Å². The number of ether oxygens (including phenoxy) is 1. The van der Waals surface area contributed by atoms with Crippen molar-refractivity contribution in [1.29, 1.82) is 0 Å². The lowest BCUT2D eigenvalue weighted by molar-refractivity contribution is 0.242. The standard InChI is InChI=1S/C20H24FNO5S2/c1-14(2)27-17-7-9-18(10-8-17)29(25,26)20-13-28(23,24)12-19(20)22-11-15-3-5-16(21)6-4-15/h3-10,14,19-20,22H,11-13H2,1-2H3/t19-,20-/m0/s1. The van der Waals surface area contributed by atoms with Crippen LogP contribution < -0.4 is 10.1 Å². The molecule has 2 aromatic rings. The summed E-state index contributed by atoms with van der Waals surface area (Å²) in [6.45, 7) is 3.98. The third-order valence-corrected chi connectivity index (χ3v) is 8.87. The molecule has 1 heterocycles. The van der Waals surface area contributed by atoms with Crippen LogP contribution in [0.1, 0.15) is 19.4 Å². The minimum Gasteiger partial charge on any atom is -0.491 e. The van der Waals surface area contributed by atoms with Gasteiger partial charge in [0, 0.05) is 12.6 Å². The minimum atomic E-state index is -3.87. The van der Waals surface area contributed by atoms with Crippen LogP contribution in [0.5, 0.6) is 5.75 Å². The van der Waals surface area contributed by atoms with E-state index in [-0.39, 0.29) is 29.1 Å². The highest BCUT2D eigenvalue weighted by molar-refractivity contribution is 7.96. The largest absolute Gasteiger partial charge is 0.491 e. The van der Waals surface area contributed by atoms with Crippen molar-refractivity contribution in [2.45, 2.75) is 42.7 Å². The molecule has 6 nitrogen and oxygen atoms in total. The molecular formula is C20H24FNO5S2. The molecule has 2 aromatic carbocycles. The predicted molar refractivity (Wildman–Crippen MR) is 109 cm³/mol. The molecule has 0 amide bonds. The second-order valence-electron chi connectivity index (χ2n) is 7.41. The lowest BCUT2D eigenvalue weighted by atomic mass is 10.2. The molecule has 9 heteroatoms. The molecule has 1 fully saturated rings. The summed E-state index contributed by atoms with van der Waals surface area (Å²) in [6.07, 6.45) is -0.0440. The maximum atomic E-state index is 13.1. The molecule has 1 aliphatic rings. The van der Waals surface area contributed by atoms with Crippen molar-refractivity contribution in [2.75, 3.05) is 11.5 Å². The lowest BCUT2D eigenvalue weighted by Gasteiger charge is -2.20. The SMILES string of the molecule is CC(C)Oc1ccc(S(=O)(=O)[C@H]2CS(=O)(=O)C[C@@H]2NCc2ccc(F)cc2)cc1. The Balaban J connectivity index is 1.80. The highest BCUT2D eigenvalue weighted by Crippen LogP contribution is 2.27. The van der Waals surface area contributed by atoms with E-state index in [0.717, 1.165) is 5.56 Å². The molecule has 1 N–H and O–H groups in total. The quantitative estimate of drug-likeness (QED) is 0.710. The number of nitrogens with one attached hydrogen (secondary N) is 1. The normalized spacial score (nSPS) is 21.4. The molecule has 0 unspecified atom stereocenters. The average molecular weight is 442 g/mol. The monoisotopic (exact) mass is 441 g/mol. The van der Waals surface area contributed by atoms with Crippen LogP contribution in [0, 0.1) is 5.82 Å². The molecule has 0 aromatic heterocycles. The Hall–Kier alpha value is -1.97. The fraction of sp³-hybridized carbons (Fsp3) is 0.400. The third-order valence-electron chi connectivity index (χ3n) is 4.70. The molecule has 0 saturated carbocycles. The fourth-order valence-electron chi connectivity index (χ4n) is 3.32. The van der Waals surface area contributed by atoms with E-state index in [2.05, 4.69) is 5.32 Å². The van der Waals surface area contributed by atoms with Gasteiger partial charge in [0.25, 0.3) is 0 Å². The maximum Gasteiger partial charge on any atom is 0.183 e. The first-order chi connectivity index (χ1) is 13.6. The van der Waals surface area contributed by atoms with Gasteiger partial charge in [-0.3, -0.25) is 0 Å². The summed E-state index contributed by atoms with van der Waals surface area (Å²) < 4.78 is 69.2. The van der Waals surface area contributed by atoms with E-state index in [0.29, 0.717) is 5.75 Å². The van der Waals surface area contributed by atoms with Gasteiger partial charge in [0.15, 0.2) is 19.7 Å². The summed E-state index contributed by atoms with van der Waals surface area (Å²) in [7, 11) is -7.37. The molecule has 0 bridgehead atoms. The van der Waals surface area contributed by atoms with Gasteiger partial charge in [-0.05, 0) is 55.8 Å². The minimum absolute atomic E-state index is 0.0440. The van der Waals surface area contributed by atoms with Gasteiger partial charge >= 0.3 is 0 Å². The fourth-order valence-corrected chi connectivity index (χ4v) is 8.03. The Morgan fingerprint density at radius 2 is 1.69 bits per heavy atom. The summed E-state index contributed by atoms with van der Waals surface area (Å²) in [5.41, 5.74) is 0.738. The molecule has 3 rings (SSSR count). The average Bonchev–Trinajstić information content (AvgIpc) is 2.97. The Morgan fingerprint density at radius 3 is 2.28 bits per heavy atom. The van der Waals surface area contributed by atoms with Crippen molar-refractivity contribution in [3.05, 3.63) is 59.9 Å². The zero-order valence-electron chi connectivity index (χ0n) is 16.2. The maximum absolute atomic E-state index is 13.1. The molecule has 0 spiro atoms. The highest BCUT2D eigenvalue weighted by atomic mass is 32.2. The summed E-state index contributed by atoms with van der Waals surface area (Å²) in [6, 6.07) is 11.0. The van der Waals surface area contributed by atoms with Gasteiger partial charge in [0.05, 0.1) is 27.8 Å². The highest BCUT2D eigenvalue weighted by Gasteiger charge is 2.45. The van der Waals surface area contributed by atoms with E-state index in [9.17, 15) is 21.2 Å². The number of benzene rings is 2. The van der Waals surface area contributed by atoms with Gasteiger partial charge in [-0.1, -0.05) is 12.1 Å². The van der Waals surface area contributed by atoms with Crippen molar-refractivity contribution in [2.24, 2.45) is 0 Å². The van der Waals surface area contributed by atoms with Gasteiger partial charge in [-0.2, -0.15) is 0 Å². The van der Waals surface area contributed by atoms with Crippen LogP contribution in [-0.4, -0.2) is 45.7 Å². The van der Waals surface area contributed by atoms with Gasteiger partial charge in [-0.15, -0.1) is 0 Å². The van der Waals surface area contributed by atoms with E-state index in [4.69, 9.17) is 4.74 Å². The van der Waals surface area contributed by atoms with Crippen LogP contribution in [-0.2, 0) is 26.2 Å². The van der Waals surface area contributed by atoms with Crippen LogP contribution in [0.2, 0.25) is 0 Å². The molecule has 1 aliphatic heterocycles. The van der Waals surface area contributed by atoms with Crippen molar-refractivity contribution >= 4 is 19.7 Å². The third kappa shape index (κ3) is 5.34. The Bertz CT molecular complexity index is 1050. The summed E-state index contributed by atoms with van der Waals surface area (Å²) in [5, 5.41) is 1.94. The molecule has 0 aliphatic carbocycles. The van der Waals surface area contributed by atoms with Crippen LogP contribution in [0.15, 0.2) is 53.4 Å². The predicted octanol–water partition coefficient (Wildman–Crippen LogP) is 2.34. The molecular weight excluding hydrogens is 417 g/mol. The van der Waals surface area contributed by atoms with Crippen molar-refractivity contribution < 1.29 is 26.0 Å². The Kier molecular flexibility index (Phi) is 6.30. The van der Waals surface area contributed by atoms with E-state index in [1.807, 2.05) is 13.8 Å². The summed E-state index contributed by atoms with van der Waals surface area (Å²) >= 11 is 0. The van der Waals surface area contributed by atoms with E-state index in [1.54, 1.807) is 24.3 Å².